The Bertz CT molecular complexity index is 1140. The molecule has 0 radical (unpaired) electrons. The number of nitrogens with one attached hydrogen (secondary N) is 1. The molecule has 2 aromatic carbocycles. The number of carbonyl (C=O) groups is 1. The Labute approximate surface area is 164 Å². The maximum atomic E-state index is 12.7. The largest absolute Gasteiger partial charge is 0.322 e. The van der Waals surface area contributed by atoms with Gasteiger partial charge in [0, 0.05) is 11.1 Å². The highest BCUT2D eigenvalue weighted by atomic mass is 16.1. The number of para-hydroxylation sites is 1. The second kappa shape index (κ2) is 7.27. The van der Waals surface area contributed by atoms with Gasteiger partial charge in [-0.25, -0.2) is 9.67 Å². The van der Waals surface area contributed by atoms with E-state index in [1.807, 2.05) is 67.6 Å². The first-order valence-corrected chi connectivity index (χ1v) is 9.35. The number of pyridine rings is 1. The molecule has 1 N–H and O–H groups in total. The highest BCUT2D eigenvalue weighted by molar-refractivity contribution is 6.05. The Hall–Kier alpha value is -3.47. The molecular formula is C23H22N4O. The quantitative estimate of drug-likeness (QED) is 0.543. The molecule has 1 amide bonds. The summed E-state index contributed by atoms with van der Waals surface area (Å²) in [4.78, 5) is 17.4. The average Bonchev–Trinajstić information content (AvgIpc) is 3.09. The van der Waals surface area contributed by atoms with Crippen molar-refractivity contribution in [3.05, 3.63) is 83.7 Å². The van der Waals surface area contributed by atoms with Crippen molar-refractivity contribution in [3.8, 4) is 5.82 Å². The Balaban J connectivity index is 1.59. The summed E-state index contributed by atoms with van der Waals surface area (Å²) in [5.74, 6) is 0.970. The lowest BCUT2D eigenvalue weighted by Crippen LogP contribution is -2.13. The van der Waals surface area contributed by atoms with Crippen LogP contribution < -0.4 is 5.32 Å². The van der Waals surface area contributed by atoms with Crippen LogP contribution in [0.4, 0.5) is 5.69 Å². The lowest BCUT2D eigenvalue weighted by Gasteiger charge is -2.09. The molecule has 0 saturated carbocycles. The van der Waals surface area contributed by atoms with Crippen LogP contribution in [0.15, 0.2) is 66.9 Å². The molecule has 0 saturated heterocycles. The van der Waals surface area contributed by atoms with Crippen LogP contribution in [0.2, 0.25) is 0 Å². The summed E-state index contributed by atoms with van der Waals surface area (Å²) in [6.07, 6.45) is 1.59. The monoisotopic (exact) mass is 370 g/mol. The van der Waals surface area contributed by atoms with Gasteiger partial charge in [0.2, 0.25) is 0 Å². The number of carbonyl (C=O) groups excluding carboxylic acids is 1. The number of hydrogen-bond donors (Lipinski definition) is 1. The fraction of sp³-hybridized carbons (Fsp3) is 0.174. The van der Waals surface area contributed by atoms with Gasteiger partial charge in [0.25, 0.3) is 5.91 Å². The van der Waals surface area contributed by atoms with Crippen molar-refractivity contribution in [2.75, 3.05) is 5.32 Å². The minimum Gasteiger partial charge on any atom is -0.322 e. The van der Waals surface area contributed by atoms with E-state index >= 15 is 0 Å². The number of benzene rings is 2. The van der Waals surface area contributed by atoms with Crippen molar-refractivity contribution in [1.82, 2.24) is 14.8 Å². The van der Waals surface area contributed by atoms with E-state index in [1.165, 1.54) is 5.56 Å². The molecule has 0 fully saturated rings. The summed E-state index contributed by atoms with van der Waals surface area (Å²) in [7, 11) is 0. The zero-order chi connectivity index (χ0) is 19.7. The summed E-state index contributed by atoms with van der Waals surface area (Å²) >= 11 is 0. The molecule has 0 atom stereocenters. The summed E-state index contributed by atoms with van der Waals surface area (Å²) in [6.45, 7) is 6.17. The third-order valence-corrected chi connectivity index (χ3v) is 4.89. The van der Waals surface area contributed by atoms with Crippen LogP contribution in [0.5, 0.6) is 0 Å². The minimum atomic E-state index is -0.179. The van der Waals surface area contributed by atoms with Gasteiger partial charge in [-0.1, -0.05) is 44.2 Å². The smallest absolute Gasteiger partial charge is 0.259 e. The Morgan fingerprint density at radius 3 is 2.50 bits per heavy atom. The lowest BCUT2D eigenvalue weighted by atomic mass is 10.0. The summed E-state index contributed by atoms with van der Waals surface area (Å²) < 4.78 is 1.70. The van der Waals surface area contributed by atoms with Crippen LogP contribution >= 0.6 is 0 Å². The summed E-state index contributed by atoms with van der Waals surface area (Å²) in [6, 6.07) is 19.8. The van der Waals surface area contributed by atoms with Gasteiger partial charge in [-0.2, -0.15) is 5.10 Å². The first kappa shape index (κ1) is 17.9. The summed E-state index contributed by atoms with van der Waals surface area (Å²) in [5, 5.41) is 8.40. The fourth-order valence-corrected chi connectivity index (χ4v) is 3.19. The number of fused-ring (bicyclic) bond motifs is 1. The van der Waals surface area contributed by atoms with E-state index in [9.17, 15) is 4.79 Å². The van der Waals surface area contributed by atoms with Crippen LogP contribution in [-0.2, 0) is 0 Å². The van der Waals surface area contributed by atoms with Crippen molar-refractivity contribution in [2.24, 2.45) is 0 Å². The van der Waals surface area contributed by atoms with Crippen LogP contribution in [0.25, 0.3) is 16.7 Å². The highest BCUT2D eigenvalue weighted by Crippen LogP contribution is 2.20. The van der Waals surface area contributed by atoms with Crippen molar-refractivity contribution in [3.63, 3.8) is 0 Å². The van der Waals surface area contributed by atoms with E-state index in [0.29, 0.717) is 17.3 Å². The molecule has 2 heterocycles. The van der Waals surface area contributed by atoms with Crippen LogP contribution in [-0.4, -0.2) is 20.7 Å². The van der Waals surface area contributed by atoms with Crippen molar-refractivity contribution in [2.45, 2.75) is 26.7 Å². The Morgan fingerprint density at radius 2 is 1.75 bits per heavy atom. The number of hydrogen-bond acceptors (Lipinski definition) is 3. The molecule has 5 nitrogen and oxygen atoms in total. The zero-order valence-corrected chi connectivity index (χ0v) is 16.2. The second-order valence-electron chi connectivity index (χ2n) is 7.15. The lowest BCUT2D eigenvalue weighted by molar-refractivity contribution is 0.102. The van der Waals surface area contributed by atoms with Crippen LogP contribution in [0.1, 0.15) is 41.4 Å². The molecule has 0 aliphatic rings. The zero-order valence-electron chi connectivity index (χ0n) is 16.2. The molecule has 0 bridgehead atoms. The van der Waals surface area contributed by atoms with Gasteiger partial charge >= 0.3 is 0 Å². The van der Waals surface area contributed by atoms with E-state index in [1.54, 1.807) is 10.9 Å². The molecule has 4 rings (SSSR count). The second-order valence-corrected chi connectivity index (χ2v) is 7.15. The molecule has 0 aliphatic heterocycles. The van der Waals surface area contributed by atoms with E-state index in [-0.39, 0.29) is 5.91 Å². The molecule has 140 valence electrons. The molecular weight excluding hydrogens is 348 g/mol. The predicted octanol–water partition coefficient (Wildman–Crippen LogP) is 5.10. The SMILES string of the molecule is Cc1c(C(=O)Nc2ccc(C(C)C)cc2)cnn1-c1ccc2ccccc2n1. The Kier molecular flexibility index (Phi) is 4.65. The van der Waals surface area contributed by atoms with Gasteiger partial charge in [0.1, 0.15) is 0 Å². The maximum absolute atomic E-state index is 12.7. The number of anilines is 1. The molecule has 0 aliphatic carbocycles. The standard InChI is InChI=1S/C23H22N4O/c1-15(2)17-8-11-19(12-9-17)25-23(28)20-14-24-27(16(20)3)22-13-10-18-6-4-5-7-21(18)26-22/h4-15H,1-3H3,(H,25,28). The number of amides is 1. The first-order valence-electron chi connectivity index (χ1n) is 9.35. The minimum absolute atomic E-state index is 0.179. The number of rotatable bonds is 4. The summed E-state index contributed by atoms with van der Waals surface area (Å²) in [5.41, 5.74) is 4.18. The topological polar surface area (TPSA) is 59.8 Å². The molecule has 0 spiro atoms. The molecule has 28 heavy (non-hydrogen) atoms. The van der Waals surface area contributed by atoms with Gasteiger partial charge in [-0.05, 0) is 48.7 Å². The van der Waals surface area contributed by atoms with Gasteiger partial charge in [0.15, 0.2) is 5.82 Å². The Morgan fingerprint density at radius 1 is 1.00 bits per heavy atom. The van der Waals surface area contributed by atoms with Crippen molar-refractivity contribution in [1.29, 1.82) is 0 Å². The molecule has 0 unspecified atom stereocenters. The van der Waals surface area contributed by atoms with Gasteiger partial charge in [-0.3, -0.25) is 4.79 Å². The van der Waals surface area contributed by atoms with E-state index in [2.05, 4.69) is 29.2 Å². The first-order chi connectivity index (χ1) is 13.5. The van der Waals surface area contributed by atoms with Gasteiger partial charge in [-0.15, -0.1) is 0 Å². The van der Waals surface area contributed by atoms with E-state index in [4.69, 9.17) is 0 Å². The van der Waals surface area contributed by atoms with Crippen LogP contribution in [0.3, 0.4) is 0 Å². The molecule has 2 aromatic heterocycles. The number of nitrogens with zero attached hydrogens (tertiary/aromatic N) is 3. The van der Waals surface area contributed by atoms with Gasteiger partial charge in [0.05, 0.1) is 23.0 Å². The normalized spacial score (nSPS) is 11.1. The van der Waals surface area contributed by atoms with Gasteiger partial charge < -0.3 is 5.32 Å². The number of aromatic nitrogens is 3. The molecule has 5 heteroatoms. The average molecular weight is 370 g/mol. The predicted molar refractivity (Wildman–Crippen MR) is 112 cm³/mol. The molecule has 4 aromatic rings. The highest BCUT2D eigenvalue weighted by Gasteiger charge is 2.16. The van der Waals surface area contributed by atoms with Crippen molar-refractivity contribution < 1.29 is 4.79 Å². The third kappa shape index (κ3) is 3.39. The third-order valence-electron chi connectivity index (χ3n) is 4.89. The van der Waals surface area contributed by atoms with Crippen molar-refractivity contribution >= 4 is 22.5 Å². The fourth-order valence-electron chi connectivity index (χ4n) is 3.19. The maximum Gasteiger partial charge on any atom is 0.259 e. The van der Waals surface area contributed by atoms with E-state index in [0.717, 1.165) is 22.3 Å². The van der Waals surface area contributed by atoms with Crippen LogP contribution in [0, 0.1) is 6.92 Å². The van der Waals surface area contributed by atoms with E-state index < -0.39 is 0 Å².